The molecule has 0 radical (unpaired) electrons. The van der Waals surface area contributed by atoms with E-state index < -0.39 is 51.9 Å². The molecular formula is C29H23NO9. The Morgan fingerprint density at radius 1 is 0.949 bits per heavy atom. The quantitative estimate of drug-likeness (QED) is 0.187. The molecule has 1 atom stereocenters. The Kier molecular flexibility index (Phi) is 6.45. The van der Waals surface area contributed by atoms with Crippen molar-refractivity contribution in [2.75, 3.05) is 14.2 Å². The highest BCUT2D eigenvalue weighted by Crippen LogP contribution is 2.49. The van der Waals surface area contributed by atoms with Crippen molar-refractivity contribution < 1.29 is 34.0 Å². The van der Waals surface area contributed by atoms with Crippen LogP contribution in [0.3, 0.4) is 0 Å². The van der Waals surface area contributed by atoms with Gasteiger partial charge in [0.2, 0.25) is 5.75 Å². The predicted octanol–water partition coefficient (Wildman–Crippen LogP) is 4.12. The number of phenols is 3. The van der Waals surface area contributed by atoms with E-state index in [2.05, 4.69) is 4.98 Å². The van der Waals surface area contributed by atoms with E-state index in [4.69, 9.17) is 13.9 Å². The monoisotopic (exact) mass is 529 g/mol. The number of aromatic nitrogens is 1. The summed E-state index contributed by atoms with van der Waals surface area (Å²) in [7, 11) is 2.65. The molecule has 1 unspecified atom stereocenters. The molecule has 0 saturated heterocycles. The number of nitrogens with one attached hydrogen (secondary N) is 1. The number of aromatic hydroxyl groups is 3. The number of carbonyl (C=O) groups excluding carboxylic acids is 1. The van der Waals surface area contributed by atoms with E-state index in [9.17, 15) is 29.7 Å². The van der Waals surface area contributed by atoms with Crippen molar-refractivity contribution in [3.8, 4) is 34.3 Å². The highest BCUT2D eigenvalue weighted by molar-refractivity contribution is 5.94. The van der Waals surface area contributed by atoms with Crippen molar-refractivity contribution >= 4 is 27.8 Å². The molecule has 0 amide bonds. The van der Waals surface area contributed by atoms with Gasteiger partial charge in [-0.1, -0.05) is 30.3 Å². The molecule has 10 heteroatoms. The van der Waals surface area contributed by atoms with E-state index in [1.807, 2.05) is 0 Å². The Morgan fingerprint density at radius 3 is 2.38 bits per heavy atom. The first-order chi connectivity index (χ1) is 18.7. The summed E-state index contributed by atoms with van der Waals surface area (Å²) in [6, 6.07) is 16.3. The number of rotatable bonds is 6. The number of aromatic amines is 1. The SMILES string of the molecule is COC(=O)CC(c1cc2ccc(OC)cc2[nH]c1=O)c1c(O)c(O)c(O)c2c(=O)cc(-c3ccccc3)oc12. The molecule has 0 aliphatic carbocycles. The lowest BCUT2D eigenvalue weighted by atomic mass is 9.86. The largest absolute Gasteiger partial charge is 0.504 e. The van der Waals surface area contributed by atoms with Gasteiger partial charge in [0.25, 0.3) is 5.56 Å². The zero-order chi connectivity index (χ0) is 27.8. The van der Waals surface area contributed by atoms with Crippen LogP contribution in [0.2, 0.25) is 0 Å². The van der Waals surface area contributed by atoms with Gasteiger partial charge in [-0.2, -0.15) is 0 Å². The van der Waals surface area contributed by atoms with E-state index >= 15 is 0 Å². The van der Waals surface area contributed by atoms with Crippen LogP contribution in [0.5, 0.6) is 23.0 Å². The Balaban J connectivity index is 1.86. The fourth-order valence-electron chi connectivity index (χ4n) is 4.64. The van der Waals surface area contributed by atoms with Crippen LogP contribution in [0.25, 0.3) is 33.2 Å². The predicted molar refractivity (Wildman–Crippen MR) is 143 cm³/mol. The maximum atomic E-state index is 13.3. The first-order valence-electron chi connectivity index (χ1n) is 11.8. The van der Waals surface area contributed by atoms with Gasteiger partial charge in [-0.25, -0.2) is 0 Å². The molecule has 198 valence electrons. The number of benzene rings is 3. The molecule has 0 bridgehead atoms. The average Bonchev–Trinajstić information content (AvgIpc) is 2.94. The molecule has 0 saturated carbocycles. The lowest BCUT2D eigenvalue weighted by Gasteiger charge is -2.21. The Hall–Kier alpha value is -5.25. The topological polar surface area (TPSA) is 159 Å². The number of hydrogen-bond acceptors (Lipinski definition) is 9. The number of hydrogen-bond donors (Lipinski definition) is 4. The molecule has 0 fully saturated rings. The standard InChI is InChI=1S/C29H23NO9/c1-37-16-9-8-15-10-18(29(36)30-19(15)11-16)17(12-22(32)38-2)23-25(33)27(35)26(34)24-20(31)13-21(39-28(23)24)14-6-4-3-5-7-14/h3-11,13,17,33-35H,12H2,1-2H3,(H,30,36). The molecule has 0 aliphatic rings. The van der Waals surface area contributed by atoms with Crippen LogP contribution in [0, 0.1) is 0 Å². The first-order valence-corrected chi connectivity index (χ1v) is 11.8. The number of fused-ring (bicyclic) bond motifs is 2. The maximum Gasteiger partial charge on any atom is 0.306 e. The molecule has 2 heterocycles. The van der Waals surface area contributed by atoms with Gasteiger partial charge in [0.1, 0.15) is 22.5 Å². The summed E-state index contributed by atoms with van der Waals surface area (Å²) in [6.45, 7) is 0. The lowest BCUT2D eigenvalue weighted by Crippen LogP contribution is -2.21. The molecule has 39 heavy (non-hydrogen) atoms. The number of H-pyrrole nitrogens is 1. The second-order valence-corrected chi connectivity index (χ2v) is 8.84. The van der Waals surface area contributed by atoms with Crippen LogP contribution >= 0.6 is 0 Å². The molecular weight excluding hydrogens is 506 g/mol. The van der Waals surface area contributed by atoms with Crippen molar-refractivity contribution in [1.82, 2.24) is 4.98 Å². The normalized spacial score (nSPS) is 11.9. The third kappa shape index (κ3) is 4.42. The van der Waals surface area contributed by atoms with Crippen LogP contribution in [-0.4, -0.2) is 40.5 Å². The van der Waals surface area contributed by atoms with E-state index in [0.29, 0.717) is 22.2 Å². The van der Waals surface area contributed by atoms with E-state index in [0.717, 1.165) is 13.2 Å². The van der Waals surface area contributed by atoms with Crippen molar-refractivity contribution in [2.24, 2.45) is 0 Å². The molecule has 3 aromatic carbocycles. The maximum absolute atomic E-state index is 13.3. The molecule has 0 aliphatic heterocycles. The van der Waals surface area contributed by atoms with Crippen LogP contribution in [0.15, 0.2) is 74.7 Å². The van der Waals surface area contributed by atoms with Gasteiger partial charge in [-0.3, -0.25) is 14.4 Å². The number of esters is 1. The summed E-state index contributed by atoms with van der Waals surface area (Å²) >= 11 is 0. The number of carbonyl (C=O) groups is 1. The number of phenolic OH excluding ortho intramolecular Hbond substituents is 3. The van der Waals surface area contributed by atoms with Crippen LogP contribution in [-0.2, 0) is 9.53 Å². The third-order valence-corrected chi connectivity index (χ3v) is 6.60. The van der Waals surface area contributed by atoms with Crippen molar-refractivity contribution in [3.63, 3.8) is 0 Å². The second-order valence-electron chi connectivity index (χ2n) is 8.84. The summed E-state index contributed by atoms with van der Waals surface area (Å²) in [4.78, 5) is 41.8. The van der Waals surface area contributed by atoms with Crippen LogP contribution in [0.4, 0.5) is 0 Å². The fraction of sp³-hybridized carbons (Fsp3) is 0.138. The molecule has 10 nitrogen and oxygen atoms in total. The summed E-state index contributed by atoms with van der Waals surface area (Å²) < 4.78 is 16.1. The molecule has 5 rings (SSSR count). The molecule has 5 aromatic rings. The Morgan fingerprint density at radius 2 is 1.69 bits per heavy atom. The second kappa shape index (κ2) is 9.90. The summed E-state index contributed by atoms with van der Waals surface area (Å²) in [5, 5.41) is 32.4. The van der Waals surface area contributed by atoms with Crippen LogP contribution < -0.4 is 15.7 Å². The number of pyridine rings is 1. The minimum atomic E-state index is -1.25. The van der Waals surface area contributed by atoms with E-state index in [-0.39, 0.29) is 22.5 Å². The average molecular weight is 530 g/mol. The minimum Gasteiger partial charge on any atom is -0.504 e. The van der Waals surface area contributed by atoms with Gasteiger partial charge in [-0.15, -0.1) is 0 Å². The summed E-state index contributed by atoms with van der Waals surface area (Å²) in [5.74, 6) is -4.11. The Labute approximate surface area is 220 Å². The Bertz CT molecular complexity index is 1860. The van der Waals surface area contributed by atoms with Gasteiger partial charge < -0.3 is 34.2 Å². The van der Waals surface area contributed by atoms with Crippen LogP contribution in [0.1, 0.15) is 23.5 Å². The highest BCUT2D eigenvalue weighted by Gasteiger charge is 2.32. The van der Waals surface area contributed by atoms with Gasteiger partial charge >= 0.3 is 5.97 Å². The first kappa shape index (κ1) is 25.4. The van der Waals surface area contributed by atoms with Gasteiger partial charge in [0.15, 0.2) is 16.9 Å². The fourth-order valence-corrected chi connectivity index (χ4v) is 4.64. The zero-order valence-electron chi connectivity index (χ0n) is 20.8. The van der Waals surface area contributed by atoms with Gasteiger partial charge in [0, 0.05) is 34.7 Å². The van der Waals surface area contributed by atoms with Gasteiger partial charge in [0.05, 0.1) is 26.2 Å². The lowest BCUT2D eigenvalue weighted by molar-refractivity contribution is -0.140. The number of methoxy groups -OCH3 is 2. The number of ether oxygens (including phenoxy) is 2. The van der Waals surface area contributed by atoms with Crippen molar-refractivity contribution in [1.29, 1.82) is 0 Å². The van der Waals surface area contributed by atoms with Crippen molar-refractivity contribution in [2.45, 2.75) is 12.3 Å². The van der Waals surface area contributed by atoms with E-state index in [1.165, 1.54) is 13.2 Å². The summed E-state index contributed by atoms with van der Waals surface area (Å²) in [5.41, 5.74) is -0.840. The molecule has 0 spiro atoms. The highest BCUT2D eigenvalue weighted by atomic mass is 16.5. The zero-order valence-corrected chi connectivity index (χ0v) is 20.8. The minimum absolute atomic E-state index is 0.0209. The van der Waals surface area contributed by atoms with E-state index in [1.54, 1.807) is 48.5 Å². The van der Waals surface area contributed by atoms with Gasteiger partial charge in [-0.05, 0) is 23.6 Å². The molecule has 4 N–H and O–H groups in total. The summed E-state index contributed by atoms with van der Waals surface area (Å²) in [6.07, 6.45) is -0.465. The molecule has 2 aromatic heterocycles. The third-order valence-electron chi connectivity index (χ3n) is 6.60. The van der Waals surface area contributed by atoms with Crippen molar-refractivity contribution in [3.05, 3.63) is 92.4 Å². The smallest absolute Gasteiger partial charge is 0.306 e.